The number of carbonyl (C=O) groups excluding carboxylic acids is 4. The molecule has 13 nitrogen and oxygen atoms in total. The Kier molecular flexibility index (Phi) is 10.1. The first-order chi connectivity index (χ1) is 21.8. The van der Waals surface area contributed by atoms with Gasteiger partial charge >= 0.3 is 12.1 Å². The number of piperazine rings is 1. The quantitative estimate of drug-likeness (QED) is 0.293. The highest BCUT2D eigenvalue weighted by atomic mass is 16.6. The molecule has 1 aliphatic carbocycles. The molecule has 2 aliphatic heterocycles. The van der Waals surface area contributed by atoms with E-state index < -0.39 is 23.9 Å². The molecule has 45 heavy (non-hydrogen) atoms. The molecule has 1 N–H and O–H groups in total. The molecule has 3 aliphatic rings. The van der Waals surface area contributed by atoms with E-state index in [-0.39, 0.29) is 48.9 Å². The van der Waals surface area contributed by atoms with E-state index in [1.54, 1.807) is 22.8 Å². The number of nitrogens with zero attached hydrogens (tertiary/aromatic N) is 6. The molecule has 13 heteroatoms. The van der Waals surface area contributed by atoms with E-state index in [1.807, 2.05) is 48.2 Å². The van der Waals surface area contributed by atoms with Crippen LogP contribution in [-0.4, -0.2) is 102 Å². The van der Waals surface area contributed by atoms with Crippen LogP contribution >= 0.6 is 0 Å². The van der Waals surface area contributed by atoms with Crippen molar-refractivity contribution in [1.82, 2.24) is 25.1 Å². The van der Waals surface area contributed by atoms with Crippen LogP contribution in [0.25, 0.3) is 11.4 Å². The number of ether oxygens (including phenoxy) is 2. The van der Waals surface area contributed by atoms with Crippen molar-refractivity contribution in [3.63, 3.8) is 0 Å². The molecule has 0 spiro atoms. The van der Waals surface area contributed by atoms with Crippen LogP contribution in [0.4, 0.5) is 10.6 Å². The number of hydrogen-bond acceptors (Lipinski definition) is 10. The Hall–Kier alpha value is -4.73. The molecule has 0 bridgehead atoms. The summed E-state index contributed by atoms with van der Waals surface area (Å²) in [5, 5.41) is 12.2. The largest absolute Gasteiger partial charge is 0.466 e. The lowest BCUT2D eigenvalue weighted by Crippen LogP contribution is -2.56. The minimum Gasteiger partial charge on any atom is -0.466 e. The fourth-order valence-electron chi connectivity index (χ4n) is 5.98. The van der Waals surface area contributed by atoms with Crippen molar-refractivity contribution in [2.45, 2.75) is 39.2 Å². The molecule has 3 heterocycles. The van der Waals surface area contributed by atoms with Crippen LogP contribution in [0.1, 0.15) is 43.6 Å². The molecule has 0 unspecified atom stereocenters. The molecule has 2 saturated heterocycles. The first-order valence-electron chi connectivity index (χ1n) is 15.6. The van der Waals surface area contributed by atoms with E-state index in [0.29, 0.717) is 51.0 Å². The van der Waals surface area contributed by atoms with Gasteiger partial charge in [-0.3, -0.25) is 14.4 Å². The summed E-state index contributed by atoms with van der Waals surface area (Å²) < 4.78 is 10.5. The topological polar surface area (TPSA) is 158 Å². The highest BCUT2D eigenvalue weighted by molar-refractivity contribution is 5.97. The maximum absolute atomic E-state index is 13.6. The van der Waals surface area contributed by atoms with Gasteiger partial charge in [0.15, 0.2) is 5.82 Å². The van der Waals surface area contributed by atoms with Crippen molar-refractivity contribution >= 4 is 29.7 Å². The van der Waals surface area contributed by atoms with E-state index >= 15 is 0 Å². The molecule has 5 rings (SSSR count). The number of carbonyl (C=O) groups is 4. The van der Waals surface area contributed by atoms with E-state index in [1.165, 1.54) is 0 Å². The Labute approximate surface area is 262 Å². The van der Waals surface area contributed by atoms with Gasteiger partial charge in [-0.15, -0.1) is 0 Å². The van der Waals surface area contributed by atoms with Crippen LogP contribution < -0.4 is 10.2 Å². The molecule has 1 aromatic heterocycles. The highest BCUT2D eigenvalue weighted by Crippen LogP contribution is 2.53. The molecule has 0 radical (unpaired) electrons. The zero-order valence-corrected chi connectivity index (χ0v) is 25.7. The average molecular weight is 618 g/mol. The number of unbranched alkanes of at least 4 members (excludes halogenated alkanes) is 1. The predicted molar refractivity (Wildman–Crippen MR) is 163 cm³/mol. The maximum Gasteiger partial charge on any atom is 0.409 e. The van der Waals surface area contributed by atoms with Crippen LogP contribution in [0.2, 0.25) is 0 Å². The number of anilines is 1. The SMILES string of the molecule is CCCCOC(=O)N1CCN(C(=O)[C@H](CC#N)NC(=O)c2cc(N3C[C@@H]4[C@H](C3)[C@@H]4C(=O)OCC)nc(-c3ccccc3)n2)CC1. The number of nitriles is 1. The van der Waals surface area contributed by atoms with Gasteiger partial charge in [-0.2, -0.15) is 5.26 Å². The number of nitrogens with one attached hydrogen (secondary N) is 1. The summed E-state index contributed by atoms with van der Waals surface area (Å²) in [4.78, 5) is 66.0. The third-order valence-corrected chi connectivity index (χ3v) is 8.53. The number of rotatable bonds is 11. The first kappa shape index (κ1) is 31.7. The molecule has 238 valence electrons. The summed E-state index contributed by atoms with van der Waals surface area (Å²) >= 11 is 0. The molecular weight excluding hydrogens is 578 g/mol. The van der Waals surface area contributed by atoms with Crippen LogP contribution in [0.3, 0.4) is 0 Å². The van der Waals surface area contributed by atoms with Crippen molar-refractivity contribution in [2.75, 3.05) is 57.4 Å². The zero-order chi connectivity index (χ0) is 31.9. The summed E-state index contributed by atoms with van der Waals surface area (Å²) in [6, 6.07) is 11.8. The number of esters is 1. The molecule has 3 fully saturated rings. The molecule has 1 saturated carbocycles. The molecule has 3 amide bonds. The van der Waals surface area contributed by atoms with E-state index in [0.717, 1.165) is 18.4 Å². The monoisotopic (exact) mass is 617 g/mol. The maximum atomic E-state index is 13.6. The van der Waals surface area contributed by atoms with Gasteiger partial charge in [0.25, 0.3) is 5.91 Å². The van der Waals surface area contributed by atoms with Gasteiger partial charge in [0.2, 0.25) is 5.91 Å². The van der Waals surface area contributed by atoms with Gasteiger partial charge in [0, 0.05) is 50.9 Å². The molecule has 1 aromatic carbocycles. The minimum atomic E-state index is -1.09. The fraction of sp³-hybridized carbons (Fsp3) is 0.531. The lowest BCUT2D eigenvalue weighted by molar-refractivity contribution is -0.145. The van der Waals surface area contributed by atoms with Gasteiger partial charge in [0.1, 0.15) is 17.6 Å². The normalized spacial score (nSPS) is 20.9. The second-order valence-corrected chi connectivity index (χ2v) is 11.5. The van der Waals surface area contributed by atoms with Crippen molar-refractivity contribution in [3.05, 3.63) is 42.1 Å². The van der Waals surface area contributed by atoms with Crippen molar-refractivity contribution in [1.29, 1.82) is 5.26 Å². The summed E-state index contributed by atoms with van der Waals surface area (Å²) in [6.07, 6.45) is 1.08. The third kappa shape index (κ3) is 7.33. The number of amides is 3. The summed E-state index contributed by atoms with van der Waals surface area (Å²) in [6.45, 7) is 6.85. The predicted octanol–water partition coefficient (Wildman–Crippen LogP) is 2.48. The lowest BCUT2D eigenvalue weighted by atomic mass is 10.1. The number of fused-ring (bicyclic) bond motifs is 1. The minimum absolute atomic E-state index is 0.0664. The second-order valence-electron chi connectivity index (χ2n) is 11.5. The van der Waals surface area contributed by atoms with Crippen LogP contribution in [-0.2, 0) is 19.1 Å². The highest BCUT2D eigenvalue weighted by Gasteiger charge is 2.60. The van der Waals surface area contributed by atoms with Crippen molar-refractivity contribution in [2.24, 2.45) is 17.8 Å². The Balaban J connectivity index is 1.28. The molecule has 4 atom stereocenters. The smallest absolute Gasteiger partial charge is 0.409 e. The van der Waals surface area contributed by atoms with Gasteiger partial charge in [-0.05, 0) is 25.2 Å². The van der Waals surface area contributed by atoms with Gasteiger partial charge in [-0.25, -0.2) is 14.8 Å². The molecule has 2 aromatic rings. The van der Waals surface area contributed by atoms with E-state index in [9.17, 15) is 24.4 Å². The van der Waals surface area contributed by atoms with Crippen LogP contribution in [0, 0.1) is 29.1 Å². The Morgan fingerprint density at radius 2 is 1.69 bits per heavy atom. The lowest BCUT2D eigenvalue weighted by Gasteiger charge is -2.35. The number of hydrogen-bond donors (Lipinski definition) is 1. The van der Waals surface area contributed by atoms with Gasteiger partial charge in [0.05, 0.1) is 31.6 Å². The second kappa shape index (κ2) is 14.4. The molecular formula is C32H39N7O6. The summed E-state index contributed by atoms with van der Waals surface area (Å²) in [7, 11) is 0. The van der Waals surface area contributed by atoms with Gasteiger partial charge in [-0.1, -0.05) is 43.7 Å². The standard InChI is InChI=1S/C32H39N7O6/c1-3-5-17-45-32(43)38-15-13-37(14-16-38)30(41)24(11-12-33)35-29(40)25-18-26(36-28(34-25)21-9-7-6-8-10-21)39-19-22-23(20-39)27(22)31(42)44-4-2/h6-10,18,22-24,27H,3-5,11,13-17,19-20H2,1-2H3,(H,35,40)/t22-,23+,24-,27-/m0/s1. The number of piperidine rings is 1. The number of benzene rings is 1. The van der Waals surface area contributed by atoms with E-state index in [4.69, 9.17) is 14.5 Å². The van der Waals surface area contributed by atoms with Crippen LogP contribution in [0.15, 0.2) is 36.4 Å². The summed E-state index contributed by atoms with van der Waals surface area (Å²) in [5.41, 5.74) is 0.787. The zero-order valence-electron chi connectivity index (χ0n) is 25.7. The summed E-state index contributed by atoms with van der Waals surface area (Å²) in [5.74, 6) is -0.0186. The van der Waals surface area contributed by atoms with E-state index in [2.05, 4.69) is 10.3 Å². The Bertz CT molecular complexity index is 1430. The number of aromatic nitrogens is 2. The third-order valence-electron chi connectivity index (χ3n) is 8.53. The average Bonchev–Trinajstić information content (AvgIpc) is 3.57. The van der Waals surface area contributed by atoms with Gasteiger partial charge < -0.3 is 29.5 Å². The Morgan fingerprint density at radius 3 is 2.33 bits per heavy atom. The van der Waals surface area contributed by atoms with Crippen molar-refractivity contribution in [3.8, 4) is 17.5 Å². The van der Waals surface area contributed by atoms with Crippen LogP contribution in [0.5, 0.6) is 0 Å². The Morgan fingerprint density at radius 1 is 1.00 bits per heavy atom. The fourth-order valence-corrected chi connectivity index (χ4v) is 5.98. The first-order valence-corrected chi connectivity index (χ1v) is 15.6. The van der Waals surface area contributed by atoms with Crippen molar-refractivity contribution < 1.29 is 28.7 Å².